The van der Waals surface area contributed by atoms with Gasteiger partial charge in [0.05, 0.1) is 14.2 Å². The fraction of sp³-hybridized carbons (Fsp3) is 0.357. The van der Waals surface area contributed by atoms with Gasteiger partial charge < -0.3 is 9.47 Å². The van der Waals surface area contributed by atoms with Gasteiger partial charge in [-0.15, -0.1) is 0 Å². The summed E-state index contributed by atoms with van der Waals surface area (Å²) < 4.78 is 10.6. The van der Waals surface area contributed by atoms with Crippen LogP contribution >= 0.6 is 0 Å². The Hall–Kier alpha value is -1.77. The van der Waals surface area contributed by atoms with Crippen molar-refractivity contribution in [1.29, 1.82) is 0 Å². The van der Waals surface area contributed by atoms with Gasteiger partial charge in [0.2, 0.25) is 0 Å². The minimum atomic E-state index is 0.750. The van der Waals surface area contributed by atoms with Gasteiger partial charge in [0, 0.05) is 16.8 Å². The second kappa shape index (κ2) is 4.62. The average molecular weight is 231 g/mol. The third-order valence-electron chi connectivity index (χ3n) is 2.88. The van der Waals surface area contributed by atoms with E-state index in [4.69, 9.17) is 9.47 Å². The van der Waals surface area contributed by atoms with Crippen LogP contribution in [0, 0.1) is 6.92 Å². The summed E-state index contributed by atoms with van der Waals surface area (Å²) in [5.41, 5.74) is 2.13. The Morgan fingerprint density at radius 2 is 1.71 bits per heavy atom. The molecule has 1 aromatic carbocycles. The Morgan fingerprint density at radius 3 is 2.29 bits per heavy atom. The zero-order valence-electron chi connectivity index (χ0n) is 10.7. The summed E-state index contributed by atoms with van der Waals surface area (Å²) in [6.07, 6.45) is 0.910. The van der Waals surface area contributed by atoms with Crippen LogP contribution in [0.3, 0.4) is 0 Å². The normalized spacial score (nSPS) is 10.6. The summed E-state index contributed by atoms with van der Waals surface area (Å²) in [4.78, 5) is 4.55. The monoisotopic (exact) mass is 231 g/mol. The van der Waals surface area contributed by atoms with Crippen LogP contribution in [0.15, 0.2) is 18.2 Å². The van der Waals surface area contributed by atoms with E-state index >= 15 is 0 Å². The largest absolute Gasteiger partial charge is 0.493 e. The zero-order chi connectivity index (χ0) is 12.4. The molecule has 0 saturated heterocycles. The predicted octanol–water partition coefficient (Wildman–Crippen LogP) is 3.12. The van der Waals surface area contributed by atoms with Crippen molar-refractivity contribution in [3.63, 3.8) is 0 Å². The first-order valence-corrected chi connectivity index (χ1v) is 5.71. The molecule has 17 heavy (non-hydrogen) atoms. The second-order valence-corrected chi connectivity index (χ2v) is 3.99. The van der Waals surface area contributed by atoms with Gasteiger partial charge in [0.1, 0.15) is 0 Å². The first-order valence-electron chi connectivity index (χ1n) is 5.71. The number of hydrogen-bond donors (Lipinski definition) is 0. The van der Waals surface area contributed by atoms with E-state index in [2.05, 4.69) is 18.0 Å². The summed E-state index contributed by atoms with van der Waals surface area (Å²) in [6.45, 7) is 4.12. The third kappa shape index (κ3) is 2.05. The van der Waals surface area contributed by atoms with Crippen molar-refractivity contribution in [1.82, 2.24) is 4.98 Å². The molecule has 1 heterocycles. The minimum absolute atomic E-state index is 0.750. The fourth-order valence-electron chi connectivity index (χ4n) is 2.06. The Labute approximate surface area is 101 Å². The Balaban J connectivity index is 2.77. The van der Waals surface area contributed by atoms with Gasteiger partial charge in [-0.25, -0.2) is 0 Å². The summed E-state index contributed by atoms with van der Waals surface area (Å²) in [6, 6.07) is 6.07. The van der Waals surface area contributed by atoms with E-state index < -0.39 is 0 Å². The van der Waals surface area contributed by atoms with Crippen molar-refractivity contribution >= 4 is 10.8 Å². The van der Waals surface area contributed by atoms with Gasteiger partial charge in [-0.05, 0) is 36.9 Å². The first-order chi connectivity index (χ1) is 8.19. The molecule has 0 amide bonds. The van der Waals surface area contributed by atoms with Crippen molar-refractivity contribution in [2.24, 2.45) is 0 Å². The minimum Gasteiger partial charge on any atom is -0.493 e. The predicted molar refractivity (Wildman–Crippen MR) is 69.0 cm³/mol. The quantitative estimate of drug-likeness (QED) is 0.813. The van der Waals surface area contributed by atoms with Crippen molar-refractivity contribution in [3.05, 3.63) is 29.6 Å². The Morgan fingerprint density at radius 1 is 1.06 bits per heavy atom. The van der Waals surface area contributed by atoms with Crippen molar-refractivity contribution in [2.75, 3.05) is 14.2 Å². The number of aromatic nitrogens is 1. The fourth-order valence-corrected chi connectivity index (χ4v) is 2.06. The Kier molecular flexibility index (Phi) is 3.18. The molecule has 0 spiro atoms. The smallest absolute Gasteiger partial charge is 0.161 e. The maximum absolute atomic E-state index is 5.32. The standard InChI is InChI=1S/C14H17NO2/c1-5-12-11-8-14(17-4)13(16-3)7-10(11)6-9(2)15-12/h6-8H,5H2,1-4H3. The van der Waals surface area contributed by atoms with E-state index in [1.54, 1.807) is 14.2 Å². The van der Waals surface area contributed by atoms with Gasteiger partial charge >= 0.3 is 0 Å². The van der Waals surface area contributed by atoms with E-state index in [1.807, 2.05) is 19.1 Å². The molecule has 3 nitrogen and oxygen atoms in total. The van der Waals surface area contributed by atoms with Crippen molar-refractivity contribution in [2.45, 2.75) is 20.3 Å². The average Bonchev–Trinajstić information content (AvgIpc) is 2.35. The lowest BCUT2D eigenvalue weighted by molar-refractivity contribution is 0.356. The number of pyridine rings is 1. The summed E-state index contributed by atoms with van der Waals surface area (Å²) in [5.74, 6) is 1.51. The molecule has 0 unspecified atom stereocenters. The molecule has 0 N–H and O–H groups in total. The van der Waals surface area contributed by atoms with E-state index in [0.29, 0.717) is 0 Å². The van der Waals surface area contributed by atoms with E-state index in [1.165, 1.54) is 0 Å². The zero-order valence-corrected chi connectivity index (χ0v) is 10.7. The molecule has 0 aliphatic heterocycles. The van der Waals surface area contributed by atoms with Crippen LogP contribution in [-0.2, 0) is 6.42 Å². The highest BCUT2D eigenvalue weighted by molar-refractivity contribution is 5.88. The SMILES string of the molecule is CCc1nc(C)cc2cc(OC)c(OC)cc12. The molecule has 0 radical (unpaired) electrons. The summed E-state index contributed by atoms with van der Waals surface area (Å²) in [7, 11) is 3.30. The van der Waals surface area contributed by atoms with Crippen LogP contribution in [0.2, 0.25) is 0 Å². The first kappa shape index (κ1) is 11.7. The topological polar surface area (TPSA) is 31.4 Å². The van der Waals surface area contributed by atoms with Crippen LogP contribution in [0.5, 0.6) is 11.5 Å². The molecule has 1 aromatic heterocycles. The molecule has 0 atom stereocenters. The molecule has 0 fully saturated rings. The van der Waals surface area contributed by atoms with E-state index in [-0.39, 0.29) is 0 Å². The molecule has 2 aromatic rings. The van der Waals surface area contributed by atoms with Gasteiger partial charge in [-0.2, -0.15) is 0 Å². The van der Waals surface area contributed by atoms with Crippen LogP contribution in [-0.4, -0.2) is 19.2 Å². The molecule has 90 valence electrons. The van der Waals surface area contributed by atoms with Crippen LogP contribution in [0.25, 0.3) is 10.8 Å². The number of fused-ring (bicyclic) bond motifs is 1. The molecule has 0 saturated carbocycles. The van der Waals surface area contributed by atoms with Crippen LogP contribution in [0.4, 0.5) is 0 Å². The highest BCUT2D eigenvalue weighted by Gasteiger charge is 2.09. The molecular formula is C14H17NO2. The second-order valence-electron chi connectivity index (χ2n) is 3.99. The van der Waals surface area contributed by atoms with Gasteiger partial charge in [-0.1, -0.05) is 6.92 Å². The maximum Gasteiger partial charge on any atom is 0.161 e. The summed E-state index contributed by atoms with van der Waals surface area (Å²) in [5, 5.41) is 2.28. The van der Waals surface area contributed by atoms with Gasteiger partial charge in [0.15, 0.2) is 11.5 Å². The maximum atomic E-state index is 5.32. The molecule has 0 bridgehead atoms. The van der Waals surface area contributed by atoms with Crippen molar-refractivity contribution in [3.8, 4) is 11.5 Å². The number of nitrogens with zero attached hydrogens (tertiary/aromatic N) is 1. The molecule has 2 rings (SSSR count). The lowest BCUT2D eigenvalue weighted by Gasteiger charge is -2.11. The summed E-state index contributed by atoms with van der Waals surface area (Å²) >= 11 is 0. The van der Waals surface area contributed by atoms with Crippen molar-refractivity contribution < 1.29 is 9.47 Å². The molecule has 0 aliphatic rings. The van der Waals surface area contributed by atoms with E-state index in [0.717, 1.165) is 40.1 Å². The van der Waals surface area contributed by atoms with Gasteiger partial charge in [0.25, 0.3) is 0 Å². The number of benzene rings is 1. The third-order valence-corrected chi connectivity index (χ3v) is 2.88. The van der Waals surface area contributed by atoms with Crippen LogP contribution in [0.1, 0.15) is 18.3 Å². The Bertz CT molecular complexity index is 549. The number of methoxy groups -OCH3 is 2. The molecule has 0 aliphatic carbocycles. The number of hydrogen-bond acceptors (Lipinski definition) is 3. The molecule has 3 heteroatoms. The molecular weight excluding hydrogens is 214 g/mol. The van der Waals surface area contributed by atoms with Gasteiger partial charge in [-0.3, -0.25) is 4.98 Å². The van der Waals surface area contributed by atoms with E-state index in [9.17, 15) is 0 Å². The number of aryl methyl sites for hydroxylation is 2. The lowest BCUT2D eigenvalue weighted by Crippen LogP contribution is -1.95. The number of ether oxygens (including phenoxy) is 2. The van der Waals surface area contributed by atoms with Crippen LogP contribution < -0.4 is 9.47 Å². The highest BCUT2D eigenvalue weighted by Crippen LogP contribution is 2.33. The lowest BCUT2D eigenvalue weighted by atomic mass is 10.1. The number of rotatable bonds is 3. The highest BCUT2D eigenvalue weighted by atomic mass is 16.5.